The Morgan fingerprint density at radius 3 is 2.86 bits per heavy atom. The third kappa shape index (κ3) is 3.37. The molecule has 3 heterocycles. The first kappa shape index (κ1) is 18.5. The minimum absolute atomic E-state index is 0.00830. The van der Waals surface area contributed by atoms with Crippen LogP contribution in [0.3, 0.4) is 0 Å². The van der Waals surface area contributed by atoms with Gasteiger partial charge in [0.2, 0.25) is 0 Å². The van der Waals surface area contributed by atoms with Gasteiger partial charge in [0, 0.05) is 27.5 Å². The molecule has 0 unspecified atom stereocenters. The number of nitro groups is 1. The molecule has 0 atom stereocenters. The van der Waals surface area contributed by atoms with Crippen LogP contribution < -0.4 is 5.56 Å². The van der Waals surface area contributed by atoms with Crippen LogP contribution >= 0.6 is 34.3 Å². The van der Waals surface area contributed by atoms with Gasteiger partial charge in [0.1, 0.15) is 4.83 Å². The number of fused-ring (bicyclic) bond motifs is 1. The number of hydrogen-bond acceptors (Lipinski definition) is 6. The monoisotopic (exact) mass is 429 g/mol. The Bertz CT molecular complexity index is 1290. The van der Waals surface area contributed by atoms with E-state index in [2.05, 4.69) is 9.97 Å². The van der Waals surface area contributed by atoms with E-state index in [0.717, 1.165) is 10.4 Å². The van der Waals surface area contributed by atoms with E-state index in [0.29, 0.717) is 21.3 Å². The molecule has 0 aliphatic rings. The van der Waals surface area contributed by atoms with Crippen molar-refractivity contribution in [1.29, 1.82) is 0 Å². The fraction of sp³-hybridized carbons (Fsp3) is 0.0526. The number of aromatic amines is 1. The number of nitro benzene ring substituents is 1. The molecular weight excluding hydrogens is 418 g/mol. The van der Waals surface area contributed by atoms with E-state index in [1.54, 1.807) is 36.5 Å². The van der Waals surface area contributed by atoms with Crippen molar-refractivity contribution in [2.24, 2.45) is 0 Å². The number of benzene rings is 1. The van der Waals surface area contributed by atoms with Crippen LogP contribution in [-0.4, -0.2) is 14.9 Å². The number of rotatable bonds is 4. The summed E-state index contributed by atoms with van der Waals surface area (Å²) in [5, 5.41) is 15.7. The maximum absolute atomic E-state index is 12.7. The second kappa shape index (κ2) is 7.31. The molecule has 0 aliphatic heterocycles. The average Bonchev–Trinajstić information content (AvgIpc) is 3.32. The van der Waals surface area contributed by atoms with E-state index in [1.807, 2.05) is 22.9 Å². The quantitative estimate of drug-likeness (QED) is 0.334. The number of thiophene rings is 2. The molecule has 0 bridgehead atoms. The zero-order chi connectivity index (χ0) is 19.8. The Morgan fingerprint density at radius 2 is 2.14 bits per heavy atom. The highest BCUT2D eigenvalue weighted by molar-refractivity contribution is 7.18. The number of nitrogens with zero attached hydrogens (tertiary/aromatic N) is 2. The van der Waals surface area contributed by atoms with Crippen LogP contribution in [-0.2, 0) is 0 Å². The number of aryl methyl sites for hydroxylation is 1. The minimum Gasteiger partial charge on any atom is -0.305 e. The highest BCUT2D eigenvalue weighted by Gasteiger charge is 2.15. The maximum atomic E-state index is 12.7. The first-order chi connectivity index (χ1) is 13.4. The van der Waals surface area contributed by atoms with Crippen molar-refractivity contribution < 1.29 is 4.92 Å². The molecule has 0 saturated heterocycles. The zero-order valence-corrected chi connectivity index (χ0v) is 16.8. The van der Waals surface area contributed by atoms with Crippen molar-refractivity contribution in [3.05, 3.63) is 78.5 Å². The van der Waals surface area contributed by atoms with Gasteiger partial charge in [0.25, 0.3) is 11.2 Å². The van der Waals surface area contributed by atoms with Crippen molar-refractivity contribution in [2.45, 2.75) is 6.92 Å². The molecule has 140 valence electrons. The minimum atomic E-state index is -0.440. The van der Waals surface area contributed by atoms with E-state index in [9.17, 15) is 14.9 Å². The van der Waals surface area contributed by atoms with Crippen molar-refractivity contribution in [3.8, 4) is 10.4 Å². The number of hydrogen-bond donors (Lipinski definition) is 1. The Hall–Kier alpha value is -2.81. The molecular formula is C19H12ClN3O3S2. The van der Waals surface area contributed by atoms with Crippen LogP contribution in [0.15, 0.2) is 45.9 Å². The lowest BCUT2D eigenvalue weighted by molar-refractivity contribution is -0.385. The van der Waals surface area contributed by atoms with E-state index in [4.69, 9.17) is 11.6 Å². The van der Waals surface area contributed by atoms with E-state index >= 15 is 0 Å². The Labute approximate surface area is 171 Å². The van der Waals surface area contributed by atoms with Gasteiger partial charge in [0.05, 0.1) is 15.3 Å². The molecule has 0 fully saturated rings. The van der Waals surface area contributed by atoms with E-state index < -0.39 is 4.92 Å². The fourth-order valence-electron chi connectivity index (χ4n) is 2.80. The molecule has 28 heavy (non-hydrogen) atoms. The van der Waals surface area contributed by atoms with E-state index in [-0.39, 0.29) is 22.1 Å². The second-order valence-electron chi connectivity index (χ2n) is 6.02. The summed E-state index contributed by atoms with van der Waals surface area (Å²) in [6.45, 7) is 1.67. The van der Waals surface area contributed by atoms with Crippen molar-refractivity contribution in [2.75, 3.05) is 0 Å². The summed E-state index contributed by atoms with van der Waals surface area (Å²) in [4.78, 5) is 32.1. The van der Waals surface area contributed by atoms with Gasteiger partial charge in [-0.25, -0.2) is 4.98 Å². The number of halogens is 1. The smallest absolute Gasteiger partial charge is 0.272 e. The molecule has 4 rings (SSSR count). The Balaban J connectivity index is 1.77. The van der Waals surface area contributed by atoms with Gasteiger partial charge in [-0.15, -0.1) is 22.7 Å². The molecule has 0 amide bonds. The summed E-state index contributed by atoms with van der Waals surface area (Å²) in [5.41, 5.74) is 1.70. The van der Waals surface area contributed by atoms with Gasteiger partial charge in [-0.1, -0.05) is 29.8 Å². The molecule has 1 N–H and O–H groups in total. The number of aromatic nitrogens is 2. The van der Waals surface area contributed by atoms with Crippen LogP contribution in [0.2, 0.25) is 0 Å². The lowest BCUT2D eigenvalue weighted by Gasteiger charge is -2.02. The van der Waals surface area contributed by atoms with Crippen LogP contribution in [0, 0.1) is 17.0 Å². The van der Waals surface area contributed by atoms with Crippen molar-refractivity contribution in [3.63, 3.8) is 0 Å². The summed E-state index contributed by atoms with van der Waals surface area (Å²) < 4.78 is 0. The standard InChI is InChI=1S/C19H12ClN3O3S2/c1-10-4-5-11(8-14(10)23(25)26)7-13(20)17-21-18(24)16-12(9-28-19(16)22-17)15-3-2-6-27-15/h2-9H,1H3,(H,21,22,24)/b13-7-. The first-order valence-corrected chi connectivity index (χ1v) is 10.3. The molecule has 4 aromatic rings. The average molecular weight is 430 g/mol. The third-order valence-corrected chi connectivity index (χ3v) is 6.24. The molecule has 6 nitrogen and oxygen atoms in total. The normalized spacial score (nSPS) is 11.9. The summed E-state index contributed by atoms with van der Waals surface area (Å²) in [5.74, 6) is 0.224. The van der Waals surface area contributed by atoms with E-state index in [1.165, 1.54) is 17.4 Å². The molecule has 9 heteroatoms. The number of H-pyrrole nitrogens is 1. The predicted octanol–water partition coefficient (Wildman–Crippen LogP) is 5.67. The van der Waals surface area contributed by atoms with Gasteiger partial charge in [0.15, 0.2) is 5.82 Å². The van der Waals surface area contributed by atoms with Gasteiger partial charge >= 0.3 is 0 Å². The second-order valence-corrected chi connectivity index (χ2v) is 8.23. The third-order valence-electron chi connectivity index (χ3n) is 4.18. The molecule has 0 saturated carbocycles. The molecule has 0 aliphatic carbocycles. The summed E-state index contributed by atoms with van der Waals surface area (Å²) >= 11 is 9.28. The summed E-state index contributed by atoms with van der Waals surface area (Å²) in [6.07, 6.45) is 1.55. The van der Waals surface area contributed by atoms with Crippen LogP contribution in [0.25, 0.3) is 31.8 Å². The Morgan fingerprint density at radius 1 is 1.32 bits per heavy atom. The topological polar surface area (TPSA) is 88.9 Å². The SMILES string of the molecule is Cc1ccc(/C=C(\Cl)c2nc3scc(-c4cccs4)c3c(=O)[nH]2)cc1[N+](=O)[O-]. The Kier molecular flexibility index (Phi) is 4.84. The van der Waals surface area contributed by atoms with Crippen LogP contribution in [0.1, 0.15) is 17.0 Å². The van der Waals surface area contributed by atoms with Crippen LogP contribution in [0.5, 0.6) is 0 Å². The van der Waals surface area contributed by atoms with Crippen LogP contribution in [0.4, 0.5) is 5.69 Å². The van der Waals surface area contributed by atoms with Crippen molar-refractivity contribution >= 4 is 61.3 Å². The molecule has 3 aromatic heterocycles. The highest BCUT2D eigenvalue weighted by atomic mass is 35.5. The fourth-order valence-corrected chi connectivity index (χ4v) is 4.78. The zero-order valence-electron chi connectivity index (χ0n) is 14.4. The largest absolute Gasteiger partial charge is 0.305 e. The van der Waals surface area contributed by atoms with Gasteiger partial charge in [-0.3, -0.25) is 14.9 Å². The summed E-state index contributed by atoms with van der Waals surface area (Å²) in [7, 11) is 0. The molecule has 0 spiro atoms. The lowest BCUT2D eigenvalue weighted by atomic mass is 10.1. The maximum Gasteiger partial charge on any atom is 0.272 e. The number of nitrogens with one attached hydrogen (secondary N) is 1. The first-order valence-electron chi connectivity index (χ1n) is 8.12. The highest BCUT2D eigenvalue weighted by Crippen LogP contribution is 2.34. The van der Waals surface area contributed by atoms with Gasteiger partial charge in [-0.2, -0.15) is 0 Å². The summed E-state index contributed by atoms with van der Waals surface area (Å²) in [6, 6.07) is 8.70. The molecule has 1 aromatic carbocycles. The predicted molar refractivity (Wildman–Crippen MR) is 115 cm³/mol. The van der Waals surface area contributed by atoms with Crippen molar-refractivity contribution in [1.82, 2.24) is 9.97 Å². The van der Waals surface area contributed by atoms with Gasteiger partial charge in [-0.05, 0) is 30.0 Å². The van der Waals surface area contributed by atoms with Gasteiger partial charge < -0.3 is 4.98 Å². The molecule has 0 radical (unpaired) electrons. The lowest BCUT2D eigenvalue weighted by Crippen LogP contribution is -2.10.